The molecule has 0 aliphatic heterocycles. The van der Waals surface area contributed by atoms with E-state index in [-0.39, 0.29) is 11.6 Å². The van der Waals surface area contributed by atoms with Crippen LogP contribution in [0, 0.1) is 5.92 Å². The molecule has 0 saturated carbocycles. The zero-order valence-electron chi connectivity index (χ0n) is 9.96. The molecule has 0 saturated heterocycles. The first kappa shape index (κ1) is 12.9. The Morgan fingerprint density at radius 1 is 1.15 bits per heavy atom. The number of hydrogen-bond donors (Lipinski definition) is 1. The summed E-state index contributed by atoms with van der Waals surface area (Å²) >= 11 is 0. The van der Waals surface area contributed by atoms with E-state index < -0.39 is 0 Å². The molecule has 0 rings (SSSR count). The molecule has 0 aliphatic rings. The van der Waals surface area contributed by atoms with Crippen molar-refractivity contribution in [3.05, 3.63) is 0 Å². The Morgan fingerprint density at radius 3 is 1.92 bits per heavy atom. The van der Waals surface area contributed by atoms with Gasteiger partial charge in [-0.05, 0) is 46.7 Å². The van der Waals surface area contributed by atoms with E-state index >= 15 is 0 Å². The van der Waals surface area contributed by atoms with Crippen LogP contribution in [0.3, 0.4) is 0 Å². The van der Waals surface area contributed by atoms with Gasteiger partial charge in [0.05, 0.1) is 6.10 Å². The quantitative estimate of drug-likeness (QED) is 0.712. The fourth-order valence-electron chi connectivity index (χ4n) is 1.14. The molecule has 0 spiro atoms. The Kier molecular flexibility index (Phi) is 4.93. The molecule has 0 aromatic carbocycles. The van der Waals surface area contributed by atoms with E-state index in [1.807, 2.05) is 14.1 Å². The van der Waals surface area contributed by atoms with Gasteiger partial charge in [0, 0.05) is 5.54 Å². The minimum atomic E-state index is -0.232. The average Bonchev–Trinajstić information content (AvgIpc) is 1.99. The Bertz CT molecular complexity index is 141. The molecule has 0 aromatic rings. The molecule has 0 aromatic heterocycles. The van der Waals surface area contributed by atoms with Crippen LogP contribution in [0.2, 0.25) is 0 Å². The summed E-state index contributed by atoms with van der Waals surface area (Å²) in [5, 5.41) is 9.95. The summed E-state index contributed by atoms with van der Waals surface area (Å²) in [7, 11) is 4.02. The summed E-state index contributed by atoms with van der Waals surface area (Å²) < 4.78 is 0. The second kappa shape index (κ2) is 4.97. The van der Waals surface area contributed by atoms with Crippen LogP contribution in [-0.4, -0.2) is 35.7 Å². The average molecular weight is 187 g/mol. The number of nitrogens with zero attached hydrogens (tertiary/aromatic N) is 1. The molecule has 2 heteroatoms. The SMILES string of the molecule is CC(C)CCC(O)C(C)(C)N(C)C. The molecule has 0 amide bonds. The molecule has 1 atom stereocenters. The number of likely N-dealkylation sites (N-methyl/N-ethyl adjacent to an activating group) is 1. The predicted molar refractivity (Wildman–Crippen MR) is 57.8 cm³/mol. The van der Waals surface area contributed by atoms with Crippen LogP contribution in [0.4, 0.5) is 0 Å². The normalized spacial score (nSPS) is 15.5. The third-order valence-electron chi connectivity index (χ3n) is 2.99. The van der Waals surface area contributed by atoms with Crippen molar-refractivity contribution in [2.75, 3.05) is 14.1 Å². The van der Waals surface area contributed by atoms with E-state index in [9.17, 15) is 5.11 Å². The Labute approximate surface area is 82.9 Å². The molecule has 1 N–H and O–H groups in total. The fraction of sp³-hybridized carbons (Fsp3) is 1.00. The third-order valence-corrected chi connectivity index (χ3v) is 2.99. The molecule has 1 unspecified atom stereocenters. The number of aliphatic hydroxyl groups excluding tert-OH is 1. The van der Waals surface area contributed by atoms with Crippen LogP contribution in [0.25, 0.3) is 0 Å². The zero-order valence-corrected chi connectivity index (χ0v) is 9.96. The van der Waals surface area contributed by atoms with Gasteiger partial charge in [-0.15, -0.1) is 0 Å². The lowest BCUT2D eigenvalue weighted by atomic mass is 9.90. The first-order chi connectivity index (χ1) is 5.78. The van der Waals surface area contributed by atoms with Gasteiger partial charge >= 0.3 is 0 Å². The molecular weight excluding hydrogens is 162 g/mol. The number of rotatable bonds is 5. The Hall–Kier alpha value is -0.0800. The van der Waals surface area contributed by atoms with Gasteiger partial charge < -0.3 is 10.0 Å². The van der Waals surface area contributed by atoms with Crippen LogP contribution in [0.5, 0.6) is 0 Å². The largest absolute Gasteiger partial charge is 0.391 e. The van der Waals surface area contributed by atoms with Crippen molar-refractivity contribution in [3.8, 4) is 0 Å². The second-order valence-electron chi connectivity index (χ2n) is 5.04. The summed E-state index contributed by atoms with van der Waals surface area (Å²) in [5.41, 5.74) is -0.116. The number of hydrogen-bond acceptors (Lipinski definition) is 2. The molecule has 0 bridgehead atoms. The van der Waals surface area contributed by atoms with Crippen molar-refractivity contribution in [3.63, 3.8) is 0 Å². The van der Waals surface area contributed by atoms with Crippen molar-refractivity contribution < 1.29 is 5.11 Å². The third kappa shape index (κ3) is 4.10. The van der Waals surface area contributed by atoms with Crippen molar-refractivity contribution in [1.29, 1.82) is 0 Å². The summed E-state index contributed by atoms with van der Waals surface area (Å²) in [4.78, 5) is 2.08. The summed E-state index contributed by atoms with van der Waals surface area (Å²) in [6.45, 7) is 8.54. The lowest BCUT2D eigenvalue weighted by Crippen LogP contribution is -2.48. The molecule has 2 nitrogen and oxygen atoms in total. The van der Waals surface area contributed by atoms with Crippen molar-refractivity contribution in [1.82, 2.24) is 4.90 Å². The highest BCUT2D eigenvalue weighted by molar-refractivity contribution is 4.85. The lowest BCUT2D eigenvalue weighted by Gasteiger charge is -2.37. The van der Waals surface area contributed by atoms with Gasteiger partial charge in [0.25, 0.3) is 0 Å². The Morgan fingerprint density at radius 2 is 1.62 bits per heavy atom. The van der Waals surface area contributed by atoms with Crippen molar-refractivity contribution >= 4 is 0 Å². The zero-order chi connectivity index (χ0) is 10.6. The highest BCUT2D eigenvalue weighted by atomic mass is 16.3. The van der Waals surface area contributed by atoms with Crippen LogP contribution >= 0.6 is 0 Å². The molecule has 13 heavy (non-hydrogen) atoms. The fourth-order valence-corrected chi connectivity index (χ4v) is 1.14. The molecule has 0 heterocycles. The molecule has 80 valence electrons. The van der Waals surface area contributed by atoms with Crippen LogP contribution in [-0.2, 0) is 0 Å². The van der Waals surface area contributed by atoms with Crippen LogP contribution in [0.15, 0.2) is 0 Å². The number of aliphatic hydroxyl groups is 1. The van der Waals surface area contributed by atoms with Crippen LogP contribution < -0.4 is 0 Å². The van der Waals surface area contributed by atoms with E-state index in [4.69, 9.17) is 0 Å². The maximum atomic E-state index is 9.95. The van der Waals surface area contributed by atoms with Gasteiger partial charge in [-0.2, -0.15) is 0 Å². The van der Waals surface area contributed by atoms with E-state index in [2.05, 4.69) is 32.6 Å². The molecule has 0 fully saturated rings. The maximum absolute atomic E-state index is 9.95. The molecule has 0 aliphatic carbocycles. The maximum Gasteiger partial charge on any atom is 0.0718 e. The highest BCUT2D eigenvalue weighted by Gasteiger charge is 2.29. The van der Waals surface area contributed by atoms with Gasteiger partial charge in [-0.3, -0.25) is 0 Å². The van der Waals surface area contributed by atoms with Crippen LogP contribution in [0.1, 0.15) is 40.5 Å². The first-order valence-corrected chi connectivity index (χ1v) is 5.14. The Balaban J connectivity index is 4.01. The van der Waals surface area contributed by atoms with Gasteiger partial charge in [0.1, 0.15) is 0 Å². The smallest absolute Gasteiger partial charge is 0.0718 e. The van der Waals surface area contributed by atoms with Crippen molar-refractivity contribution in [2.24, 2.45) is 5.92 Å². The topological polar surface area (TPSA) is 23.5 Å². The first-order valence-electron chi connectivity index (χ1n) is 5.14. The monoisotopic (exact) mass is 187 g/mol. The minimum Gasteiger partial charge on any atom is -0.391 e. The standard InChI is InChI=1S/C11H25NO/c1-9(2)7-8-10(13)11(3,4)12(5)6/h9-10,13H,7-8H2,1-6H3. The van der Waals surface area contributed by atoms with Crippen molar-refractivity contribution in [2.45, 2.75) is 52.2 Å². The summed E-state index contributed by atoms with van der Waals surface area (Å²) in [6.07, 6.45) is 1.76. The molecular formula is C11H25NO. The van der Waals surface area contributed by atoms with E-state index in [0.29, 0.717) is 5.92 Å². The van der Waals surface area contributed by atoms with Gasteiger partial charge in [0.2, 0.25) is 0 Å². The van der Waals surface area contributed by atoms with E-state index in [1.165, 1.54) is 0 Å². The van der Waals surface area contributed by atoms with E-state index in [0.717, 1.165) is 12.8 Å². The highest BCUT2D eigenvalue weighted by Crippen LogP contribution is 2.21. The predicted octanol–water partition coefficient (Wildman–Crippen LogP) is 2.12. The van der Waals surface area contributed by atoms with Gasteiger partial charge in [-0.25, -0.2) is 0 Å². The van der Waals surface area contributed by atoms with E-state index in [1.54, 1.807) is 0 Å². The summed E-state index contributed by atoms with van der Waals surface area (Å²) in [6, 6.07) is 0. The van der Waals surface area contributed by atoms with Gasteiger partial charge in [0.15, 0.2) is 0 Å². The lowest BCUT2D eigenvalue weighted by molar-refractivity contribution is 0.00939. The second-order valence-corrected chi connectivity index (χ2v) is 5.04. The minimum absolute atomic E-state index is 0.116. The van der Waals surface area contributed by atoms with Gasteiger partial charge in [-0.1, -0.05) is 13.8 Å². The summed E-state index contributed by atoms with van der Waals surface area (Å²) in [5.74, 6) is 0.674. The molecule has 0 radical (unpaired) electrons.